The van der Waals surface area contributed by atoms with Gasteiger partial charge in [-0.2, -0.15) is 0 Å². The number of anilines is 1. The van der Waals surface area contributed by atoms with Crippen LogP contribution in [0, 0.1) is 6.92 Å². The van der Waals surface area contributed by atoms with Crippen LogP contribution in [0.5, 0.6) is 0 Å². The van der Waals surface area contributed by atoms with Crippen LogP contribution in [0.2, 0.25) is 0 Å². The van der Waals surface area contributed by atoms with Crippen LogP contribution in [0.1, 0.15) is 17.7 Å². The number of halogens is 1. The first-order valence-electron chi connectivity index (χ1n) is 5.99. The third kappa shape index (κ3) is 3.30. The topological polar surface area (TPSA) is 88.2 Å². The van der Waals surface area contributed by atoms with Crippen molar-refractivity contribution in [3.63, 3.8) is 0 Å². The van der Waals surface area contributed by atoms with E-state index >= 15 is 0 Å². The Labute approximate surface area is 128 Å². The fourth-order valence-corrected chi connectivity index (χ4v) is 4.21. The van der Waals surface area contributed by atoms with Crippen molar-refractivity contribution in [3.8, 4) is 0 Å². The summed E-state index contributed by atoms with van der Waals surface area (Å²) in [7, 11) is -3.48. The molecule has 0 atom stereocenters. The highest BCUT2D eigenvalue weighted by Gasteiger charge is 2.48. The summed E-state index contributed by atoms with van der Waals surface area (Å²) in [6, 6.07) is 0. The van der Waals surface area contributed by atoms with Crippen molar-refractivity contribution in [2.24, 2.45) is 0 Å². The third-order valence-electron chi connectivity index (χ3n) is 3.38. The van der Waals surface area contributed by atoms with Gasteiger partial charge in [-0.25, -0.2) is 13.4 Å². The molecule has 114 valence electrons. The lowest BCUT2D eigenvalue weighted by Crippen LogP contribution is -2.55. The van der Waals surface area contributed by atoms with E-state index in [0.717, 1.165) is 11.1 Å². The highest BCUT2D eigenvalue weighted by Crippen LogP contribution is 2.30. The van der Waals surface area contributed by atoms with E-state index in [-0.39, 0.29) is 12.4 Å². The smallest absolute Gasteiger partial charge is 0.247 e. The lowest BCUT2D eigenvalue weighted by molar-refractivity contribution is -0.119. The molecule has 20 heavy (non-hydrogen) atoms. The first-order chi connectivity index (χ1) is 8.85. The quantitative estimate of drug-likeness (QED) is 0.857. The summed E-state index contributed by atoms with van der Waals surface area (Å²) in [5.74, 6) is -0.467. The van der Waals surface area contributed by atoms with Gasteiger partial charge in [0.15, 0.2) is 19.7 Å². The highest BCUT2D eigenvalue weighted by molar-refractivity contribution is 7.92. The van der Waals surface area contributed by atoms with Gasteiger partial charge in [-0.15, -0.1) is 23.7 Å². The van der Waals surface area contributed by atoms with E-state index in [9.17, 15) is 13.2 Å². The van der Waals surface area contributed by atoms with Crippen molar-refractivity contribution in [2.45, 2.75) is 24.5 Å². The van der Waals surface area contributed by atoms with Gasteiger partial charge in [-0.1, -0.05) is 0 Å². The van der Waals surface area contributed by atoms with Crippen molar-refractivity contribution in [1.29, 1.82) is 0 Å². The van der Waals surface area contributed by atoms with Crippen LogP contribution in [0.4, 0.5) is 5.13 Å². The van der Waals surface area contributed by atoms with Crippen molar-refractivity contribution < 1.29 is 13.2 Å². The van der Waals surface area contributed by atoms with Crippen LogP contribution in [0.3, 0.4) is 0 Å². The molecule has 1 aliphatic heterocycles. The molecule has 2 N–H and O–H groups in total. The molecule has 0 saturated carbocycles. The molecule has 1 amide bonds. The Morgan fingerprint density at radius 3 is 2.50 bits per heavy atom. The summed E-state index contributed by atoms with van der Waals surface area (Å²) in [6.45, 7) is 2.93. The number of nitrogens with zero attached hydrogens (tertiary/aromatic N) is 1. The number of rotatable bonds is 3. The second-order valence-corrected chi connectivity index (χ2v) is 8.31. The predicted molar refractivity (Wildman–Crippen MR) is 82.4 cm³/mol. The van der Waals surface area contributed by atoms with Gasteiger partial charge in [-0.05, 0) is 32.9 Å². The van der Waals surface area contributed by atoms with Crippen LogP contribution in [0.25, 0.3) is 0 Å². The molecule has 0 aromatic carbocycles. The minimum Gasteiger partial charge on any atom is -0.317 e. The fourth-order valence-electron chi connectivity index (χ4n) is 2.22. The zero-order valence-corrected chi connectivity index (χ0v) is 13.8. The molecular weight excluding hydrogens is 322 g/mol. The normalized spacial score (nSPS) is 18.1. The first-order valence-corrected chi connectivity index (χ1v) is 8.70. The number of sulfone groups is 1. The number of nitrogens with one attached hydrogen (secondary N) is 2. The molecule has 0 radical (unpaired) electrons. The van der Waals surface area contributed by atoms with Crippen LogP contribution < -0.4 is 10.6 Å². The average molecular weight is 340 g/mol. The fraction of sp³-hybridized carbons (Fsp3) is 0.636. The largest absolute Gasteiger partial charge is 0.317 e. The summed E-state index contributed by atoms with van der Waals surface area (Å²) in [5, 5.41) is 6.17. The molecule has 0 bridgehead atoms. The van der Waals surface area contributed by atoms with E-state index in [1.807, 2.05) is 6.92 Å². The van der Waals surface area contributed by atoms with Gasteiger partial charge < -0.3 is 10.6 Å². The molecule has 0 unspecified atom stereocenters. The maximum Gasteiger partial charge on any atom is 0.247 e. The zero-order valence-electron chi connectivity index (χ0n) is 11.3. The number of amides is 1. The number of piperidine rings is 1. The molecule has 2 heterocycles. The zero-order chi connectivity index (χ0) is 14.1. The molecule has 0 spiro atoms. The predicted octanol–water partition coefficient (Wildman–Crippen LogP) is 0.979. The van der Waals surface area contributed by atoms with Crippen LogP contribution >= 0.6 is 23.7 Å². The average Bonchev–Trinajstić information content (AvgIpc) is 2.74. The Kier molecular flexibility index (Phi) is 5.54. The Hall–Kier alpha value is -0.700. The van der Waals surface area contributed by atoms with Crippen LogP contribution in [0.15, 0.2) is 6.20 Å². The van der Waals surface area contributed by atoms with E-state index < -0.39 is 20.5 Å². The van der Waals surface area contributed by atoms with Gasteiger partial charge in [0, 0.05) is 17.3 Å². The Balaban J connectivity index is 0.00000200. The minimum absolute atomic E-state index is 0. The molecule has 6 nitrogen and oxygen atoms in total. The van der Waals surface area contributed by atoms with Gasteiger partial charge in [-0.3, -0.25) is 4.79 Å². The molecule has 1 aromatic rings. The summed E-state index contributed by atoms with van der Waals surface area (Å²) < 4.78 is 22.7. The number of hydrogen-bond acceptors (Lipinski definition) is 6. The number of aromatic nitrogens is 1. The number of hydrogen-bond donors (Lipinski definition) is 2. The lowest BCUT2D eigenvalue weighted by atomic mass is 9.96. The van der Waals surface area contributed by atoms with E-state index in [4.69, 9.17) is 0 Å². The summed E-state index contributed by atoms with van der Waals surface area (Å²) in [6.07, 6.45) is 3.37. The summed E-state index contributed by atoms with van der Waals surface area (Å²) in [4.78, 5) is 17.4. The maximum atomic E-state index is 12.4. The monoisotopic (exact) mass is 339 g/mol. The van der Waals surface area contributed by atoms with E-state index in [1.165, 1.54) is 11.3 Å². The molecule has 0 aliphatic carbocycles. The first kappa shape index (κ1) is 17.4. The second-order valence-electron chi connectivity index (χ2n) is 4.75. The van der Waals surface area contributed by atoms with Gasteiger partial charge in [0.1, 0.15) is 0 Å². The molecular formula is C11H18ClN3O3S2. The molecule has 2 rings (SSSR count). The van der Waals surface area contributed by atoms with Gasteiger partial charge in [0.2, 0.25) is 5.91 Å². The third-order valence-corrected chi connectivity index (χ3v) is 6.22. The Morgan fingerprint density at radius 1 is 1.45 bits per heavy atom. The standard InChI is InChI=1S/C11H17N3O3S2.ClH/c1-8-7-13-10(18-8)14-9(15)11(19(2,16)17)3-5-12-6-4-11;/h7,12H,3-6H2,1-2H3,(H,13,14,15);1H. The van der Waals surface area contributed by atoms with Crippen molar-refractivity contribution in [1.82, 2.24) is 10.3 Å². The lowest BCUT2D eigenvalue weighted by Gasteiger charge is -2.33. The van der Waals surface area contributed by atoms with Gasteiger partial charge in [0.25, 0.3) is 0 Å². The molecule has 1 aliphatic rings. The Bertz CT molecular complexity index is 579. The number of thiazole rings is 1. The minimum atomic E-state index is -3.48. The van der Waals surface area contributed by atoms with Crippen molar-refractivity contribution >= 4 is 44.6 Å². The summed E-state index contributed by atoms with van der Waals surface area (Å²) in [5.41, 5.74) is 0. The van der Waals surface area contributed by atoms with E-state index in [2.05, 4.69) is 15.6 Å². The van der Waals surface area contributed by atoms with Crippen molar-refractivity contribution in [3.05, 3.63) is 11.1 Å². The Morgan fingerprint density at radius 2 is 2.05 bits per heavy atom. The van der Waals surface area contributed by atoms with Crippen LogP contribution in [-0.2, 0) is 14.6 Å². The van der Waals surface area contributed by atoms with Crippen molar-refractivity contribution in [2.75, 3.05) is 24.7 Å². The van der Waals surface area contributed by atoms with E-state index in [0.29, 0.717) is 31.1 Å². The van der Waals surface area contributed by atoms with Crippen LogP contribution in [-0.4, -0.2) is 43.4 Å². The molecule has 9 heteroatoms. The number of carbonyl (C=O) groups excluding carboxylic acids is 1. The van der Waals surface area contributed by atoms with Gasteiger partial charge in [0.05, 0.1) is 0 Å². The second kappa shape index (κ2) is 6.38. The highest BCUT2D eigenvalue weighted by atomic mass is 35.5. The molecule has 1 aromatic heterocycles. The SMILES string of the molecule is Cc1cnc(NC(=O)C2(S(C)(=O)=O)CCNCC2)s1.Cl. The van der Waals surface area contributed by atoms with Gasteiger partial charge >= 0.3 is 0 Å². The molecule has 1 fully saturated rings. The van der Waals surface area contributed by atoms with E-state index in [1.54, 1.807) is 6.20 Å². The summed E-state index contributed by atoms with van der Waals surface area (Å²) >= 11 is 1.34. The maximum absolute atomic E-state index is 12.4. The number of aryl methyl sites for hydroxylation is 1. The number of carbonyl (C=O) groups is 1. The molecule has 1 saturated heterocycles.